The number of ether oxygens (including phenoxy) is 3. The number of piperidine rings is 1. The Balaban J connectivity index is 2.01. The van der Waals surface area contributed by atoms with Crippen LogP contribution in [0.25, 0.3) is 10.9 Å². The number of carbonyl (C=O) groups excluding carboxylic acids is 1. The molecule has 1 aliphatic heterocycles. The Morgan fingerprint density at radius 3 is 2.62 bits per heavy atom. The molecule has 1 aromatic heterocycles. The number of anilines is 1. The molecule has 0 radical (unpaired) electrons. The van der Waals surface area contributed by atoms with Gasteiger partial charge >= 0.3 is 5.97 Å². The van der Waals surface area contributed by atoms with E-state index >= 15 is 0 Å². The van der Waals surface area contributed by atoms with Gasteiger partial charge in [-0.05, 0) is 18.9 Å². The predicted molar refractivity (Wildman–Crippen MR) is 89.6 cm³/mol. The zero-order valence-corrected chi connectivity index (χ0v) is 14.1. The molecule has 1 atom stereocenters. The highest BCUT2D eigenvalue weighted by atomic mass is 16.5. The minimum absolute atomic E-state index is 0.131. The number of fused-ring (bicyclic) bond motifs is 1. The fraction of sp³-hybridized carbons (Fsp3) is 0.471. The van der Waals surface area contributed by atoms with Crippen LogP contribution in [-0.2, 0) is 9.53 Å². The molecule has 7 heteroatoms. The lowest BCUT2D eigenvalue weighted by Crippen LogP contribution is -2.39. The third-order valence-corrected chi connectivity index (χ3v) is 4.38. The Hall–Kier alpha value is -2.57. The highest BCUT2D eigenvalue weighted by molar-refractivity contribution is 5.92. The van der Waals surface area contributed by atoms with Gasteiger partial charge in [0.05, 0.1) is 32.8 Å². The van der Waals surface area contributed by atoms with Crippen LogP contribution in [0, 0.1) is 5.92 Å². The third-order valence-electron chi connectivity index (χ3n) is 4.38. The molecule has 1 saturated heterocycles. The molecule has 0 N–H and O–H groups in total. The average molecular weight is 331 g/mol. The smallest absolute Gasteiger partial charge is 0.310 e. The van der Waals surface area contributed by atoms with Gasteiger partial charge < -0.3 is 19.1 Å². The lowest BCUT2D eigenvalue weighted by atomic mass is 9.98. The van der Waals surface area contributed by atoms with E-state index in [1.54, 1.807) is 14.2 Å². The Kier molecular flexibility index (Phi) is 4.69. The van der Waals surface area contributed by atoms with Crippen molar-refractivity contribution in [2.24, 2.45) is 5.92 Å². The molecule has 0 bridgehead atoms. The molecule has 24 heavy (non-hydrogen) atoms. The van der Waals surface area contributed by atoms with E-state index in [2.05, 4.69) is 14.9 Å². The monoisotopic (exact) mass is 331 g/mol. The second kappa shape index (κ2) is 6.90. The summed E-state index contributed by atoms with van der Waals surface area (Å²) in [6.07, 6.45) is 3.28. The first-order chi connectivity index (χ1) is 11.7. The zero-order valence-electron chi connectivity index (χ0n) is 14.1. The summed E-state index contributed by atoms with van der Waals surface area (Å²) in [5, 5.41) is 0.876. The molecule has 1 unspecified atom stereocenters. The number of aromatic nitrogens is 2. The van der Waals surface area contributed by atoms with Crippen LogP contribution in [0.4, 0.5) is 5.82 Å². The van der Waals surface area contributed by atoms with Crippen molar-refractivity contribution in [1.29, 1.82) is 0 Å². The number of hydrogen-bond acceptors (Lipinski definition) is 7. The summed E-state index contributed by atoms with van der Waals surface area (Å²) < 4.78 is 15.6. The second-order valence-corrected chi connectivity index (χ2v) is 5.73. The van der Waals surface area contributed by atoms with Crippen molar-refractivity contribution >= 4 is 22.7 Å². The molecule has 0 saturated carbocycles. The first-order valence-corrected chi connectivity index (χ1v) is 7.87. The van der Waals surface area contributed by atoms with Crippen molar-refractivity contribution in [2.45, 2.75) is 12.8 Å². The summed E-state index contributed by atoms with van der Waals surface area (Å²) in [5.41, 5.74) is 0.776. The lowest BCUT2D eigenvalue weighted by molar-refractivity contribution is -0.145. The largest absolute Gasteiger partial charge is 0.493 e. The van der Waals surface area contributed by atoms with Gasteiger partial charge in [0, 0.05) is 24.5 Å². The van der Waals surface area contributed by atoms with Gasteiger partial charge in [-0.2, -0.15) is 0 Å². The van der Waals surface area contributed by atoms with E-state index in [0.717, 1.165) is 36.1 Å². The van der Waals surface area contributed by atoms with Gasteiger partial charge in [0.1, 0.15) is 12.1 Å². The van der Waals surface area contributed by atoms with Crippen molar-refractivity contribution < 1.29 is 19.0 Å². The van der Waals surface area contributed by atoms with Crippen LogP contribution in [0.15, 0.2) is 18.5 Å². The highest BCUT2D eigenvalue weighted by Crippen LogP contribution is 2.35. The Bertz CT molecular complexity index is 750. The van der Waals surface area contributed by atoms with E-state index in [0.29, 0.717) is 18.0 Å². The fourth-order valence-electron chi connectivity index (χ4n) is 3.15. The van der Waals surface area contributed by atoms with Gasteiger partial charge in [0.2, 0.25) is 0 Å². The SMILES string of the molecule is COC(=O)C1CCCN(c2ncnc3cc(OC)c(OC)cc23)C1. The van der Waals surface area contributed by atoms with Gasteiger partial charge in [0.25, 0.3) is 0 Å². The maximum Gasteiger partial charge on any atom is 0.310 e. The molecule has 3 rings (SSSR count). The topological polar surface area (TPSA) is 73.8 Å². The van der Waals surface area contributed by atoms with Gasteiger partial charge in [-0.15, -0.1) is 0 Å². The first-order valence-electron chi connectivity index (χ1n) is 7.87. The minimum Gasteiger partial charge on any atom is -0.493 e. The Labute approximate surface area is 140 Å². The molecule has 2 heterocycles. The molecule has 128 valence electrons. The zero-order chi connectivity index (χ0) is 17.1. The second-order valence-electron chi connectivity index (χ2n) is 5.73. The fourth-order valence-corrected chi connectivity index (χ4v) is 3.15. The first kappa shape index (κ1) is 16.3. The molecule has 2 aromatic rings. The number of methoxy groups -OCH3 is 3. The molecule has 1 aromatic carbocycles. The quantitative estimate of drug-likeness (QED) is 0.794. The average Bonchev–Trinajstić information content (AvgIpc) is 2.65. The molecular formula is C17H21N3O4. The summed E-state index contributed by atoms with van der Waals surface area (Å²) in [6.45, 7) is 1.43. The molecular weight excluding hydrogens is 310 g/mol. The molecule has 0 amide bonds. The number of carbonyl (C=O) groups is 1. The summed E-state index contributed by atoms with van der Waals surface area (Å²) >= 11 is 0. The standard InChI is InChI=1S/C17H21N3O4/c1-22-14-7-12-13(8-15(14)23-2)18-10-19-16(12)20-6-4-5-11(9-20)17(21)24-3/h7-8,10-11H,4-6,9H2,1-3H3. The Morgan fingerprint density at radius 1 is 1.17 bits per heavy atom. The van der Waals surface area contributed by atoms with Crippen LogP contribution >= 0.6 is 0 Å². The van der Waals surface area contributed by atoms with Crippen LogP contribution in [0.2, 0.25) is 0 Å². The summed E-state index contributed by atoms with van der Waals surface area (Å²) in [7, 11) is 4.62. The van der Waals surface area contributed by atoms with Crippen molar-refractivity contribution in [1.82, 2.24) is 9.97 Å². The highest BCUT2D eigenvalue weighted by Gasteiger charge is 2.28. The number of benzene rings is 1. The van der Waals surface area contributed by atoms with Gasteiger partial charge in [0.15, 0.2) is 11.5 Å². The van der Waals surface area contributed by atoms with E-state index in [-0.39, 0.29) is 11.9 Å². The van der Waals surface area contributed by atoms with Gasteiger partial charge in [-0.3, -0.25) is 4.79 Å². The summed E-state index contributed by atoms with van der Waals surface area (Å²) in [4.78, 5) is 22.8. The van der Waals surface area contributed by atoms with E-state index in [1.807, 2.05) is 12.1 Å². The number of esters is 1. The third kappa shape index (κ3) is 2.93. The van der Waals surface area contributed by atoms with Crippen molar-refractivity contribution in [3.05, 3.63) is 18.5 Å². The lowest BCUT2D eigenvalue weighted by Gasteiger charge is -2.32. The van der Waals surface area contributed by atoms with Crippen LogP contribution in [-0.4, -0.2) is 50.4 Å². The van der Waals surface area contributed by atoms with E-state index in [4.69, 9.17) is 14.2 Å². The van der Waals surface area contributed by atoms with Crippen molar-refractivity contribution in [3.63, 3.8) is 0 Å². The summed E-state index contributed by atoms with van der Waals surface area (Å²) in [6, 6.07) is 3.71. The van der Waals surface area contributed by atoms with Crippen LogP contribution in [0.3, 0.4) is 0 Å². The maximum absolute atomic E-state index is 11.9. The normalized spacial score (nSPS) is 17.6. The number of hydrogen-bond donors (Lipinski definition) is 0. The van der Waals surface area contributed by atoms with Crippen LogP contribution < -0.4 is 14.4 Å². The van der Waals surface area contributed by atoms with Crippen molar-refractivity contribution in [3.8, 4) is 11.5 Å². The van der Waals surface area contributed by atoms with E-state index in [1.165, 1.54) is 13.4 Å². The number of rotatable bonds is 4. The van der Waals surface area contributed by atoms with E-state index < -0.39 is 0 Å². The molecule has 0 spiro atoms. The molecule has 0 aliphatic carbocycles. The Morgan fingerprint density at radius 2 is 1.92 bits per heavy atom. The van der Waals surface area contributed by atoms with E-state index in [9.17, 15) is 4.79 Å². The van der Waals surface area contributed by atoms with Crippen molar-refractivity contribution in [2.75, 3.05) is 39.3 Å². The number of nitrogens with zero attached hydrogens (tertiary/aromatic N) is 3. The predicted octanol–water partition coefficient (Wildman–Crippen LogP) is 2.04. The van der Waals surface area contributed by atoms with Gasteiger partial charge in [-0.25, -0.2) is 9.97 Å². The molecule has 1 aliphatic rings. The van der Waals surface area contributed by atoms with Crippen LogP contribution in [0.1, 0.15) is 12.8 Å². The minimum atomic E-state index is -0.169. The van der Waals surface area contributed by atoms with Crippen LogP contribution in [0.5, 0.6) is 11.5 Å². The molecule has 7 nitrogen and oxygen atoms in total. The summed E-state index contributed by atoms with van der Waals surface area (Å²) in [5.74, 6) is 1.75. The maximum atomic E-state index is 11.9. The van der Waals surface area contributed by atoms with Gasteiger partial charge in [-0.1, -0.05) is 0 Å². The molecule has 1 fully saturated rings.